The Morgan fingerprint density at radius 1 is 0.661 bits per heavy atom. The van der Waals surface area contributed by atoms with E-state index in [0.717, 1.165) is 18.2 Å². The van der Waals surface area contributed by atoms with E-state index in [9.17, 15) is 49.5 Å². The van der Waals surface area contributed by atoms with Crippen LogP contribution in [0.2, 0.25) is 0 Å². The zero-order chi connectivity index (χ0) is 45.9. The minimum atomic E-state index is -0.964. The number of hydrogen-bond donors (Lipinski definition) is 3. The molecule has 330 valence electrons. The summed E-state index contributed by atoms with van der Waals surface area (Å²) in [5.74, 6) is -4.22. The number of ether oxygens (including phenoxy) is 6. The van der Waals surface area contributed by atoms with Crippen molar-refractivity contribution in [2.45, 2.75) is 26.7 Å². The second-order valence-corrected chi connectivity index (χ2v) is 12.4. The summed E-state index contributed by atoms with van der Waals surface area (Å²) in [6.45, 7) is 10.9. The van der Waals surface area contributed by atoms with Crippen molar-refractivity contribution in [3.63, 3.8) is 0 Å². The normalized spacial score (nSPS) is 10.8. The maximum Gasteiger partial charge on any atom is 0.407 e. The molecule has 1 amide bonds. The largest absolute Gasteiger partial charge is 0.507 e. The van der Waals surface area contributed by atoms with Crippen LogP contribution in [0.1, 0.15) is 37.8 Å². The lowest BCUT2D eigenvalue weighted by atomic mass is 10.1. The third-order valence-corrected chi connectivity index (χ3v) is 8.30. The van der Waals surface area contributed by atoms with Gasteiger partial charge in [-0.15, -0.1) is 0 Å². The second kappa shape index (κ2) is 27.8. The molecule has 0 bridgehead atoms. The summed E-state index contributed by atoms with van der Waals surface area (Å²) in [5.41, 5.74) is 0.836. The molecule has 0 radical (unpaired) electrons. The number of likely N-dealkylation sites (N-methyl/N-ethyl adjacent to an activating group) is 1. The molecule has 0 saturated carbocycles. The van der Waals surface area contributed by atoms with Gasteiger partial charge in [0.1, 0.15) is 74.4 Å². The number of esters is 5. The molecule has 0 aromatic heterocycles. The van der Waals surface area contributed by atoms with Crippen LogP contribution in [0.5, 0.6) is 11.5 Å². The first kappa shape index (κ1) is 50.3. The smallest absolute Gasteiger partial charge is 0.407 e. The number of benzene rings is 2. The highest BCUT2D eigenvalue weighted by molar-refractivity contribution is 5.99. The van der Waals surface area contributed by atoms with E-state index in [1.165, 1.54) is 30.3 Å². The topological polar surface area (TPSA) is 264 Å². The number of nitriles is 2. The van der Waals surface area contributed by atoms with Crippen LogP contribution in [0, 0.1) is 22.7 Å². The molecular weight excluding hydrogens is 810 g/mol. The fraction of sp³-hybridized carbons (Fsp3) is 0.349. The average Bonchev–Trinajstić information content (AvgIpc) is 3.27. The van der Waals surface area contributed by atoms with Crippen molar-refractivity contribution in [2.75, 3.05) is 82.2 Å². The molecule has 2 aromatic rings. The van der Waals surface area contributed by atoms with Crippen LogP contribution in [-0.4, -0.2) is 119 Å². The van der Waals surface area contributed by atoms with Gasteiger partial charge in [-0.2, -0.15) is 10.5 Å². The van der Waals surface area contributed by atoms with Crippen molar-refractivity contribution in [3.8, 4) is 23.6 Å². The Balaban J connectivity index is 1.75. The third-order valence-electron chi connectivity index (χ3n) is 8.30. The van der Waals surface area contributed by atoms with Gasteiger partial charge < -0.3 is 53.8 Å². The lowest BCUT2D eigenvalue weighted by molar-refractivity contribution is -0.146. The summed E-state index contributed by atoms with van der Waals surface area (Å²) in [4.78, 5) is 75.0. The first-order valence-electron chi connectivity index (χ1n) is 19.2. The molecule has 0 saturated heterocycles. The lowest BCUT2D eigenvalue weighted by Gasteiger charge is -2.23. The molecule has 0 heterocycles. The standard InChI is InChI=1S/C43H49N5O14/c1-5-38(51)57-18-21-60-41(54)32(28-44)24-30-11-13-34(26-36(30)49)47(7-3)16-9-10-40(53)59-20-23-62-43(56)46-15-17-48(8-4)35-14-12-31(37(50)27-35)25-33(29-45)42(55)61-22-19-58-39(52)6-2/h5-6,11-14,24-27,49-50H,1-2,7-10,15-23H2,3-4H3,(H,46,56)/b32-24+,33-25+. The SMILES string of the molecule is C=CC(=O)OCCOC(=O)/C(C#N)=C/c1ccc(N(CC)CCCC(=O)OCCOC(=O)NCCN(CC)c2ccc(/C=C(\C#N)C(=O)OCCOC(=O)C=C)c(O)c2)cc1O. The van der Waals surface area contributed by atoms with Crippen LogP contribution in [-0.2, 0) is 52.4 Å². The second-order valence-electron chi connectivity index (χ2n) is 12.4. The van der Waals surface area contributed by atoms with E-state index >= 15 is 0 Å². The van der Waals surface area contributed by atoms with Crippen LogP contribution >= 0.6 is 0 Å². The van der Waals surface area contributed by atoms with E-state index in [0.29, 0.717) is 44.0 Å². The molecular formula is C43H49N5O14. The summed E-state index contributed by atoms with van der Waals surface area (Å²) in [7, 11) is 0. The number of alkyl carbamates (subject to hydrolysis) is 1. The minimum Gasteiger partial charge on any atom is -0.507 e. The number of phenols is 2. The van der Waals surface area contributed by atoms with Crippen LogP contribution in [0.15, 0.2) is 72.9 Å². The maximum atomic E-state index is 12.3. The van der Waals surface area contributed by atoms with E-state index in [2.05, 4.69) is 18.5 Å². The van der Waals surface area contributed by atoms with E-state index < -0.39 is 35.9 Å². The molecule has 19 heteroatoms. The van der Waals surface area contributed by atoms with Gasteiger partial charge in [-0.3, -0.25) is 4.79 Å². The van der Waals surface area contributed by atoms with Crippen molar-refractivity contribution in [3.05, 3.63) is 84.0 Å². The van der Waals surface area contributed by atoms with Crippen molar-refractivity contribution in [1.29, 1.82) is 10.5 Å². The summed E-state index contributed by atoms with van der Waals surface area (Å²) in [5, 5.41) is 42.6. The summed E-state index contributed by atoms with van der Waals surface area (Å²) in [6, 6.07) is 12.7. The number of aromatic hydroxyl groups is 2. The van der Waals surface area contributed by atoms with Crippen molar-refractivity contribution >= 4 is 59.5 Å². The number of rotatable bonds is 26. The van der Waals surface area contributed by atoms with Gasteiger partial charge in [0.05, 0.1) is 0 Å². The van der Waals surface area contributed by atoms with E-state index in [1.807, 2.05) is 23.6 Å². The number of anilines is 2. The van der Waals surface area contributed by atoms with E-state index in [-0.39, 0.29) is 86.4 Å². The summed E-state index contributed by atoms with van der Waals surface area (Å²) >= 11 is 0. The molecule has 62 heavy (non-hydrogen) atoms. The molecule has 0 aliphatic rings. The zero-order valence-corrected chi connectivity index (χ0v) is 34.5. The molecule has 0 unspecified atom stereocenters. The number of hydrogen-bond acceptors (Lipinski definition) is 18. The van der Waals surface area contributed by atoms with Crippen LogP contribution in [0.3, 0.4) is 0 Å². The van der Waals surface area contributed by atoms with E-state index in [4.69, 9.17) is 28.4 Å². The number of phenolic OH excluding ortho intramolecular Hbond substituents is 2. The highest BCUT2D eigenvalue weighted by Crippen LogP contribution is 2.28. The lowest BCUT2D eigenvalue weighted by Crippen LogP contribution is -2.35. The summed E-state index contributed by atoms with van der Waals surface area (Å²) < 4.78 is 29.6. The molecule has 19 nitrogen and oxygen atoms in total. The Hall–Kier alpha value is -7.80. The molecule has 0 aliphatic carbocycles. The van der Waals surface area contributed by atoms with Gasteiger partial charge in [0.25, 0.3) is 0 Å². The van der Waals surface area contributed by atoms with Gasteiger partial charge in [0, 0.05) is 85.9 Å². The molecule has 0 aliphatic heterocycles. The first-order chi connectivity index (χ1) is 29.8. The highest BCUT2D eigenvalue weighted by Gasteiger charge is 2.16. The molecule has 2 aromatic carbocycles. The molecule has 3 N–H and O–H groups in total. The molecule has 0 spiro atoms. The fourth-order valence-electron chi connectivity index (χ4n) is 5.17. The van der Waals surface area contributed by atoms with E-state index in [1.54, 1.807) is 24.3 Å². The van der Waals surface area contributed by atoms with Gasteiger partial charge in [-0.25, -0.2) is 24.0 Å². The third kappa shape index (κ3) is 18.0. The quantitative estimate of drug-likeness (QED) is 0.0399. The maximum absolute atomic E-state index is 12.3. The monoisotopic (exact) mass is 859 g/mol. The van der Waals surface area contributed by atoms with Gasteiger partial charge in [0.15, 0.2) is 0 Å². The Bertz CT molecular complexity index is 1920. The van der Waals surface area contributed by atoms with Gasteiger partial charge >= 0.3 is 35.9 Å². The predicted octanol–water partition coefficient (Wildman–Crippen LogP) is 3.86. The Morgan fingerprint density at radius 3 is 1.53 bits per heavy atom. The molecule has 0 atom stereocenters. The Kier molecular flexibility index (Phi) is 22.6. The van der Waals surface area contributed by atoms with Crippen molar-refractivity contribution < 1.29 is 67.4 Å². The van der Waals surface area contributed by atoms with Crippen molar-refractivity contribution in [1.82, 2.24) is 5.32 Å². The zero-order valence-electron chi connectivity index (χ0n) is 34.5. The van der Waals surface area contributed by atoms with Crippen LogP contribution in [0.25, 0.3) is 12.2 Å². The van der Waals surface area contributed by atoms with Crippen molar-refractivity contribution in [2.24, 2.45) is 0 Å². The Morgan fingerprint density at radius 2 is 1.10 bits per heavy atom. The number of nitrogens with one attached hydrogen (secondary N) is 1. The Labute approximate surface area is 358 Å². The summed E-state index contributed by atoms with van der Waals surface area (Å²) in [6.07, 6.45) is 3.99. The fourth-order valence-corrected chi connectivity index (χ4v) is 5.17. The van der Waals surface area contributed by atoms with Crippen LogP contribution < -0.4 is 15.1 Å². The van der Waals surface area contributed by atoms with Crippen LogP contribution in [0.4, 0.5) is 16.2 Å². The van der Waals surface area contributed by atoms with Gasteiger partial charge in [-0.05, 0) is 56.7 Å². The number of carbonyl (C=O) groups excluding carboxylic acids is 6. The number of amides is 1. The number of carbonyl (C=O) groups is 6. The highest BCUT2D eigenvalue weighted by atomic mass is 16.6. The predicted molar refractivity (Wildman–Crippen MR) is 223 cm³/mol. The molecule has 2 rings (SSSR count). The minimum absolute atomic E-state index is 0.0677. The average molecular weight is 860 g/mol. The first-order valence-corrected chi connectivity index (χ1v) is 19.2. The van der Waals surface area contributed by atoms with Gasteiger partial charge in [-0.1, -0.05) is 13.2 Å². The number of nitrogens with zero attached hydrogens (tertiary/aromatic N) is 4. The van der Waals surface area contributed by atoms with Gasteiger partial charge in [0.2, 0.25) is 0 Å². The molecule has 0 fully saturated rings.